The molecule has 13 heavy (non-hydrogen) atoms. The normalized spacial score (nSPS) is 14.3. The fraction of sp³-hybridized carbons (Fsp3) is 0.800. The van der Waals surface area contributed by atoms with Crippen molar-refractivity contribution in [2.24, 2.45) is 5.92 Å². The van der Waals surface area contributed by atoms with E-state index in [2.05, 4.69) is 12.2 Å². The molecule has 2 unspecified atom stereocenters. The van der Waals surface area contributed by atoms with Crippen LogP contribution in [-0.4, -0.2) is 11.9 Å². The topological polar surface area (TPSA) is 52.9 Å². The summed E-state index contributed by atoms with van der Waals surface area (Å²) in [6.45, 7) is 5.88. The monoisotopic (exact) mass is 182 g/mol. The number of amides is 1. The molecule has 0 aliphatic rings. The van der Waals surface area contributed by atoms with Gasteiger partial charge >= 0.3 is 0 Å². The molecule has 0 rings (SSSR count). The van der Waals surface area contributed by atoms with Crippen molar-refractivity contribution in [3.63, 3.8) is 0 Å². The molecule has 0 aromatic rings. The first kappa shape index (κ1) is 12.0. The number of carbonyl (C=O) groups excluding carboxylic acids is 1. The number of carbonyl (C=O) groups is 1. The summed E-state index contributed by atoms with van der Waals surface area (Å²) in [6, 6.07) is 2.17. The molecule has 0 radical (unpaired) electrons. The molecule has 0 saturated heterocycles. The third kappa shape index (κ3) is 4.51. The van der Waals surface area contributed by atoms with Crippen molar-refractivity contribution in [2.75, 3.05) is 0 Å². The molecule has 0 fully saturated rings. The first-order chi connectivity index (χ1) is 6.15. The molecule has 0 bridgehead atoms. The summed E-state index contributed by atoms with van der Waals surface area (Å²) in [5.41, 5.74) is 0. The van der Waals surface area contributed by atoms with Crippen LogP contribution >= 0.6 is 0 Å². The molecule has 0 aromatic heterocycles. The lowest BCUT2D eigenvalue weighted by Gasteiger charge is -2.14. The van der Waals surface area contributed by atoms with Gasteiger partial charge in [-0.05, 0) is 19.8 Å². The van der Waals surface area contributed by atoms with E-state index in [0.717, 1.165) is 12.8 Å². The molecule has 74 valence electrons. The van der Waals surface area contributed by atoms with Crippen LogP contribution in [0.4, 0.5) is 0 Å². The van der Waals surface area contributed by atoms with E-state index in [9.17, 15) is 4.79 Å². The predicted molar refractivity (Wildman–Crippen MR) is 51.9 cm³/mol. The van der Waals surface area contributed by atoms with Gasteiger partial charge in [0.1, 0.15) is 5.92 Å². The van der Waals surface area contributed by atoms with Crippen molar-refractivity contribution in [3.8, 4) is 6.07 Å². The zero-order chi connectivity index (χ0) is 10.3. The standard InChI is InChI=1S/C10H18N2O/c1-4-6-8(3)12-10(13)9(5-2)7-11/h8-9H,4-6H2,1-3H3,(H,12,13). The van der Waals surface area contributed by atoms with Gasteiger partial charge in [-0.3, -0.25) is 4.79 Å². The van der Waals surface area contributed by atoms with Crippen LogP contribution in [0.2, 0.25) is 0 Å². The summed E-state index contributed by atoms with van der Waals surface area (Å²) in [5, 5.41) is 11.4. The molecule has 0 saturated carbocycles. The summed E-state index contributed by atoms with van der Waals surface area (Å²) in [7, 11) is 0. The molecule has 0 heterocycles. The number of hydrogen-bond donors (Lipinski definition) is 1. The highest BCUT2D eigenvalue weighted by Gasteiger charge is 2.16. The van der Waals surface area contributed by atoms with Crippen LogP contribution in [-0.2, 0) is 4.79 Å². The molecule has 2 atom stereocenters. The lowest BCUT2D eigenvalue weighted by Crippen LogP contribution is -2.36. The smallest absolute Gasteiger partial charge is 0.237 e. The number of nitrogens with zero attached hydrogens (tertiary/aromatic N) is 1. The second-order valence-corrected chi connectivity index (χ2v) is 3.29. The van der Waals surface area contributed by atoms with E-state index in [0.29, 0.717) is 6.42 Å². The Bertz CT molecular complexity index is 196. The minimum absolute atomic E-state index is 0.133. The van der Waals surface area contributed by atoms with Gasteiger partial charge in [-0.2, -0.15) is 5.26 Å². The number of hydrogen-bond acceptors (Lipinski definition) is 2. The zero-order valence-corrected chi connectivity index (χ0v) is 8.63. The number of rotatable bonds is 5. The SMILES string of the molecule is CCCC(C)NC(=O)C(C#N)CC. The lowest BCUT2D eigenvalue weighted by molar-refractivity contribution is -0.124. The first-order valence-corrected chi connectivity index (χ1v) is 4.85. The van der Waals surface area contributed by atoms with Crippen LogP contribution < -0.4 is 5.32 Å². The number of nitriles is 1. The highest BCUT2D eigenvalue weighted by atomic mass is 16.1. The fourth-order valence-corrected chi connectivity index (χ4v) is 1.18. The first-order valence-electron chi connectivity index (χ1n) is 4.85. The van der Waals surface area contributed by atoms with Gasteiger partial charge in [0.15, 0.2) is 0 Å². The second kappa shape index (κ2) is 6.47. The number of nitrogens with one attached hydrogen (secondary N) is 1. The maximum absolute atomic E-state index is 11.4. The molecule has 3 nitrogen and oxygen atoms in total. The second-order valence-electron chi connectivity index (χ2n) is 3.29. The Hall–Kier alpha value is -1.04. The van der Waals surface area contributed by atoms with Crippen molar-refractivity contribution < 1.29 is 4.79 Å². The van der Waals surface area contributed by atoms with Crippen molar-refractivity contribution in [1.29, 1.82) is 5.26 Å². The Morgan fingerprint density at radius 3 is 2.54 bits per heavy atom. The maximum atomic E-state index is 11.4. The van der Waals surface area contributed by atoms with Crippen molar-refractivity contribution >= 4 is 5.91 Å². The molecule has 0 aromatic carbocycles. The third-order valence-electron chi connectivity index (χ3n) is 1.99. The van der Waals surface area contributed by atoms with Crippen molar-refractivity contribution in [1.82, 2.24) is 5.32 Å². The largest absolute Gasteiger partial charge is 0.353 e. The van der Waals surface area contributed by atoms with Gasteiger partial charge in [-0.25, -0.2) is 0 Å². The van der Waals surface area contributed by atoms with E-state index in [4.69, 9.17) is 5.26 Å². The minimum Gasteiger partial charge on any atom is -0.353 e. The fourth-order valence-electron chi connectivity index (χ4n) is 1.18. The highest BCUT2D eigenvalue weighted by Crippen LogP contribution is 2.02. The molecular weight excluding hydrogens is 164 g/mol. The van der Waals surface area contributed by atoms with Gasteiger partial charge in [0.25, 0.3) is 0 Å². The van der Waals surface area contributed by atoms with E-state index in [1.54, 1.807) is 0 Å². The lowest BCUT2D eigenvalue weighted by atomic mass is 10.1. The Labute approximate surface area is 80.1 Å². The molecule has 0 aliphatic carbocycles. The average molecular weight is 182 g/mol. The molecule has 0 aliphatic heterocycles. The zero-order valence-electron chi connectivity index (χ0n) is 8.63. The minimum atomic E-state index is -0.487. The molecular formula is C10H18N2O. The van der Waals surface area contributed by atoms with Gasteiger partial charge in [0, 0.05) is 6.04 Å². The van der Waals surface area contributed by atoms with Gasteiger partial charge in [0.05, 0.1) is 6.07 Å². The Morgan fingerprint density at radius 1 is 1.54 bits per heavy atom. The Morgan fingerprint density at radius 2 is 2.15 bits per heavy atom. The highest BCUT2D eigenvalue weighted by molar-refractivity contribution is 5.81. The molecule has 0 spiro atoms. The van der Waals surface area contributed by atoms with Gasteiger partial charge in [0.2, 0.25) is 5.91 Å². The van der Waals surface area contributed by atoms with E-state index < -0.39 is 5.92 Å². The summed E-state index contributed by atoms with van der Waals surface area (Å²) in [6.07, 6.45) is 2.60. The van der Waals surface area contributed by atoms with Crippen molar-refractivity contribution in [3.05, 3.63) is 0 Å². The van der Waals surface area contributed by atoms with Crippen molar-refractivity contribution in [2.45, 2.75) is 46.1 Å². The molecule has 1 N–H and O–H groups in total. The van der Waals surface area contributed by atoms with E-state index >= 15 is 0 Å². The van der Waals surface area contributed by atoms with Crippen LogP contribution in [0.3, 0.4) is 0 Å². The van der Waals surface area contributed by atoms with E-state index in [1.807, 2.05) is 19.9 Å². The van der Waals surface area contributed by atoms with E-state index in [1.165, 1.54) is 0 Å². The average Bonchev–Trinajstić information content (AvgIpc) is 2.06. The molecule has 3 heteroatoms. The molecule has 1 amide bonds. The van der Waals surface area contributed by atoms with Gasteiger partial charge in [-0.1, -0.05) is 20.3 Å². The Balaban J connectivity index is 3.92. The van der Waals surface area contributed by atoms with Crippen LogP contribution in [0.25, 0.3) is 0 Å². The van der Waals surface area contributed by atoms with Crippen LogP contribution in [0.15, 0.2) is 0 Å². The third-order valence-corrected chi connectivity index (χ3v) is 1.99. The maximum Gasteiger partial charge on any atom is 0.237 e. The van der Waals surface area contributed by atoms with Crippen LogP contribution in [0.5, 0.6) is 0 Å². The van der Waals surface area contributed by atoms with Gasteiger partial charge in [-0.15, -0.1) is 0 Å². The summed E-state index contributed by atoms with van der Waals surface area (Å²) >= 11 is 0. The van der Waals surface area contributed by atoms with Crippen LogP contribution in [0, 0.1) is 17.2 Å². The summed E-state index contributed by atoms with van der Waals surface area (Å²) < 4.78 is 0. The predicted octanol–water partition coefficient (Wildman–Crippen LogP) is 1.84. The Kier molecular flexibility index (Phi) is 5.96. The summed E-state index contributed by atoms with van der Waals surface area (Å²) in [4.78, 5) is 11.4. The quantitative estimate of drug-likeness (QED) is 0.705. The van der Waals surface area contributed by atoms with E-state index in [-0.39, 0.29) is 11.9 Å². The summed E-state index contributed by atoms with van der Waals surface area (Å²) in [5.74, 6) is -0.620. The van der Waals surface area contributed by atoms with Crippen LogP contribution in [0.1, 0.15) is 40.0 Å². The van der Waals surface area contributed by atoms with Gasteiger partial charge < -0.3 is 5.32 Å².